The molecule has 1 amide bonds. The number of pyridine rings is 1. The summed E-state index contributed by atoms with van der Waals surface area (Å²) in [5, 5.41) is 19.5. The molecule has 1 aromatic heterocycles. The lowest BCUT2D eigenvalue weighted by Crippen LogP contribution is -2.41. The van der Waals surface area contributed by atoms with Gasteiger partial charge in [-0.25, -0.2) is 5.06 Å². The first kappa shape index (κ1) is 17.5. The van der Waals surface area contributed by atoms with Gasteiger partial charge in [0.15, 0.2) is 0 Å². The first-order valence-corrected chi connectivity index (χ1v) is 7.93. The van der Waals surface area contributed by atoms with Crippen LogP contribution in [0.15, 0.2) is 53.0 Å². The molecule has 26 heavy (non-hydrogen) atoms. The van der Waals surface area contributed by atoms with Crippen molar-refractivity contribution < 1.29 is 14.7 Å². The second-order valence-corrected chi connectivity index (χ2v) is 6.37. The summed E-state index contributed by atoms with van der Waals surface area (Å²) in [6, 6.07) is 11.8. The van der Waals surface area contributed by atoms with E-state index in [-0.39, 0.29) is 18.5 Å². The van der Waals surface area contributed by atoms with Crippen LogP contribution in [0.1, 0.15) is 25.0 Å². The number of hydrogen-bond acceptors (Lipinski definition) is 5. The van der Waals surface area contributed by atoms with Gasteiger partial charge in [0.25, 0.3) is 5.56 Å². The van der Waals surface area contributed by atoms with Crippen molar-refractivity contribution in [3.8, 4) is 11.8 Å². The number of rotatable bonds is 4. The molecule has 2 aromatic rings. The predicted molar refractivity (Wildman–Crippen MR) is 93.4 cm³/mol. The molecule has 1 N–H and O–H groups in total. The molecule has 132 valence electrons. The van der Waals surface area contributed by atoms with Gasteiger partial charge in [-0.05, 0) is 38.1 Å². The van der Waals surface area contributed by atoms with E-state index < -0.39 is 5.60 Å². The molecule has 2 heterocycles. The van der Waals surface area contributed by atoms with E-state index in [1.807, 2.05) is 0 Å². The van der Waals surface area contributed by atoms with Gasteiger partial charge in [-0.2, -0.15) is 5.26 Å². The Labute approximate surface area is 149 Å². The normalized spacial score (nSPS) is 14.8. The minimum atomic E-state index is -0.893. The lowest BCUT2D eigenvalue weighted by molar-refractivity contribution is -0.148. The van der Waals surface area contributed by atoms with Crippen molar-refractivity contribution >= 4 is 12.1 Å². The van der Waals surface area contributed by atoms with Crippen LogP contribution in [0, 0.1) is 11.3 Å². The van der Waals surface area contributed by atoms with Gasteiger partial charge < -0.3 is 4.74 Å². The van der Waals surface area contributed by atoms with E-state index in [0.29, 0.717) is 33.2 Å². The highest BCUT2D eigenvalue weighted by molar-refractivity contribution is 5.78. The number of nitrogens with zero attached hydrogens (tertiary/aromatic N) is 3. The number of aromatic nitrogens is 1. The maximum absolute atomic E-state index is 12.5. The summed E-state index contributed by atoms with van der Waals surface area (Å²) in [6.07, 6.45) is 1.89. The van der Waals surface area contributed by atoms with E-state index in [1.54, 1.807) is 50.4 Å². The molecule has 0 unspecified atom stereocenters. The number of fused-ring (bicyclic) bond motifs is 1. The number of carbonyl (C=O) groups excluding carboxylic acids is 1. The van der Waals surface area contributed by atoms with Crippen molar-refractivity contribution in [3.63, 3.8) is 0 Å². The van der Waals surface area contributed by atoms with Crippen molar-refractivity contribution in [2.24, 2.45) is 0 Å². The zero-order valence-electron chi connectivity index (χ0n) is 14.3. The fraction of sp³-hybridized carbons (Fsp3) is 0.211. The number of ether oxygens (including phenoxy) is 1. The lowest BCUT2D eigenvalue weighted by atomic mass is 9.88. The fourth-order valence-corrected chi connectivity index (χ4v) is 3.01. The summed E-state index contributed by atoms with van der Waals surface area (Å²) >= 11 is 0. The number of hydrogen-bond donors (Lipinski definition) is 1. The van der Waals surface area contributed by atoms with Crippen molar-refractivity contribution in [1.29, 1.82) is 5.26 Å². The SMILES string of the molecule is CC1(C)Oc2ccc(C#N)cc2C(n2ccccc2=O)=C1CN(O)C=O. The Morgan fingerprint density at radius 1 is 1.35 bits per heavy atom. The van der Waals surface area contributed by atoms with E-state index in [9.17, 15) is 20.1 Å². The topological polar surface area (TPSA) is 95.6 Å². The largest absolute Gasteiger partial charge is 0.483 e. The van der Waals surface area contributed by atoms with Gasteiger partial charge >= 0.3 is 0 Å². The predicted octanol–water partition coefficient (Wildman–Crippen LogP) is 2.00. The smallest absolute Gasteiger partial charge is 0.255 e. The molecule has 3 rings (SSSR count). The Kier molecular flexibility index (Phi) is 4.36. The molecule has 7 heteroatoms. The number of nitriles is 1. The molecular weight excluding hydrogens is 334 g/mol. The van der Waals surface area contributed by atoms with Crippen LogP contribution in [0.4, 0.5) is 0 Å². The molecule has 0 radical (unpaired) electrons. The molecule has 0 fully saturated rings. The number of hydroxylamine groups is 2. The molecule has 0 saturated carbocycles. The number of carbonyl (C=O) groups is 1. The summed E-state index contributed by atoms with van der Waals surface area (Å²) < 4.78 is 7.46. The minimum Gasteiger partial charge on any atom is -0.483 e. The Morgan fingerprint density at radius 2 is 2.12 bits per heavy atom. The van der Waals surface area contributed by atoms with Crippen molar-refractivity contribution in [1.82, 2.24) is 9.63 Å². The Bertz CT molecular complexity index is 998. The van der Waals surface area contributed by atoms with Gasteiger partial charge in [-0.15, -0.1) is 0 Å². The summed E-state index contributed by atoms with van der Waals surface area (Å²) in [5.74, 6) is 0.513. The maximum atomic E-state index is 12.5. The van der Waals surface area contributed by atoms with Crippen molar-refractivity contribution in [2.45, 2.75) is 19.4 Å². The number of amides is 1. The third-order valence-corrected chi connectivity index (χ3v) is 4.25. The lowest BCUT2D eigenvalue weighted by Gasteiger charge is -2.38. The molecule has 7 nitrogen and oxygen atoms in total. The van der Waals surface area contributed by atoms with Gasteiger partial charge in [0.05, 0.1) is 23.9 Å². The van der Waals surface area contributed by atoms with Gasteiger partial charge in [-0.3, -0.25) is 19.4 Å². The highest BCUT2D eigenvalue weighted by Crippen LogP contribution is 2.41. The maximum Gasteiger partial charge on any atom is 0.255 e. The van der Waals surface area contributed by atoms with Crippen LogP contribution in [0.25, 0.3) is 5.70 Å². The summed E-state index contributed by atoms with van der Waals surface area (Å²) in [7, 11) is 0. The Hall–Kier alpha value is -3.37. The van der Waals surface area contributed by atoms with E-state index in [4.69, 9.17) is 4.74 Å². The van der Waals surface area contributed by atoms with Gasteiger partial charge in [-0.1, -0.05) is 6.07 Å². The van der Waals surface area contributed by atoms with Gasteiger partial charge in [0.2, 0.25) is 6.41 Å². The summed E-state index contributed by atoms with van der Waals surface area (Å²) in [4.78, 5) is 23.4. The Morgan fingerprint density at radius 3 is 2.77 bits per heavy atom. The van der Waals surface area contributed by atoms with Crippen LogP contribution in [0.2, 0.25) is 0 Å². The average molecular weight is 351 g/mol. The summed E-state index contributed by atoms with van der Waals surface area (Å²) in [6.45, 7) is 3.43. The first-order chi connectivity index (χ1) is 12.4. The van der Waals surface area contributed by atoms with E-state index in [0.717, 1.165) is 0 Å². The highest BCUT2D eigenvalue weighted by atomic mass is 16.5. The van der Waals surface area contributed by atoms with Crippen LogP contribution in [0.3, 0.4) is 0 Å². The Balaban J connectivity index is 2.38. The van der Waals surface area contributed by atoms with E-state index in [2.05, 4.69) is 6.07 Å². The third-order valence-electron chi connectivity index (χ3n) is 4.25. The first-order valence-electron chi connectivity index (χ1n) is 7.93. The van der Waals surface area contributed by atoms with Crippen LogP contribution < -0.4 is 10.3 Å². The van der Waals surface area contributed by atoms with Crippen LogP contribution in [-0.2, 0) is 4.79 Å². The molecule has 0 bridgehead atoms. The van der Waals surface area contributed by atoms with Crippen molar-refractivity contribution in [3.05, 3.63) is 69.6 Å². The van der Waals surface area contributed by atoms with Gasteiger partial charge in [0.1, 0.15) is 11.4 Å². The molecule has 1 aromatic carbocycles. The van der Waals surface area contributed by atoms with Gasteiger partial charge in [0, 0.05) is 23.4 Å². The zero-order valence-corrected chi connectivity index (χ0v) is 14.3. The quantitative estimate of drug-likeness (QED) is 0.516. The summed E-state index contributed by atoms with van der Waals surface area (Å²) in [5.41, 5.74) is 0.801. The van der Waals surface area contributed by atoms with Crippen molar-refractivity contribution in [2.75, 3.05) is 6.54 Å². The fourth-order valence-electron chi connectivity index (χ4n) is 3.01. The average Bonchev–Trinajstić information content (AvgIpc) is 2.62. The second kappa shape index (κ2) is 6.50. The third kappa shape index (κ3) is 2.98. The zero-order chi connectivity index (χ0) is 18.9. The molecule has 0 atom stereocenters. The molecule has 0 saturated heterocycles. The van der Waals surface area contributed by atoms with Crippen LogP contribution in [-0.4, -0.2) is 33.4 Å². The molecule has 1 aliphatic heterocycles. The number of benzene rings is 1. The van der Waals surface area contributed by atoms with E-state index >= 15 is 0 Å². The van der Waals surface area contributed by atoms with Crippen LogP contribution in [0.5, 0.6) is 5.75 Å². The minimum absolute atomic E-state index is 0.149. The molecule has 1 aliphatic rings. The van der Waals surface area contributed by atoms with E-state index in [1.165, 1.54) is 10.6 Å². The molecule has 0 aliphatic carbocycles. The standard InChI is InChI=1S/C19H17N3O4/c1-19(2)15(11-21(25)12-23)18(22-8-4-3-5-17(22)24)14-9-13(10-20)6-7-16(14)26-19/h3-9,12,25H,11H2,1-2H3. The monoisotopic (exact) mass is 351 g/mol. The van der Waals surface area contributed by atoms with Crippen LogP contribution >= 0.6 is 0 Å². The molecule has 0 spiro atoms. The highest BCUT2D eigenvalue weighted by Gasteiger charge is 2.37. The molecular formula is C19H17N3O4. The second-order valence-electron chi connectivity index (χ2n) is 6.37.